The molecule has 1 aliphatic heterocycles. The Morgan fingerprint density at radius 3 is 2.43 bits per heavy atom. The number of piperazine rings is 1. The van der Waals surface area contributed by atoms with Crippen molar-refractivity contribution < 1.29 is 13.2 Å². The van der Waals surface area contributed by atoms with Crippen LogP contribution in [0.3, 0.4) is 0 Å². The molecule has 8 nitrogen and oxygen atoms in total. The molecule has 0 unspecified atom stereocenters. The minimum Gasteiger partial charge on any atom is -0.398 e. The van der Waals surface area contributed by atoms with Gasteiger partial charge in [0.15, 0.2) is 0 Å². The van der Waals surface area contributed by atoms with Gasteiger partial charge in [-0.3, -0.25) is 9.59 Å². The van der Waals surface area contributed by atoms with Crippen LogP contribution in [0.4, 0.5) is 5.69 Å². The third-order valence-electron chi connectivity index (χ3n) is 3.37. The molecule has 0 bridgehead atoms. The Balaban J connectivity index is 2.00. The third-order valence-corrected chi connectivity index (χ3v) is 4.68. The molecule has 0 saturated carbocycles. The van der Waals surface area contributed by atoms with Gasteiger partial charge in [0.1, 0.15) is 6.54 Å². The molecular weight excluding hydrogens is 296 g/mol. The zero-order chi connectivity index (χ0) is 15.6. The fraction of sp³-hybridized carbons (Fsp3) is 0.500. The maximum absolute atomic E-state index is 12.1. The van der Waals surface area contributed by atoms with Gasteiger partial charge < -0.3 is 15.2 Å². The maximum atomic E-state index is 12.1. The van der Waals surface area contributed by atoms with Crippen LogP contribution in [-0.4, -0.2) is 60.5 Å². The Hall–Kier alpha value is -1.87. The topological polar surface area (TPSA) is 106 Å². The van der Waals surface area contributed by atoms with Crippen molar-refractivity contribution in [3.8, 4) is 0 Å². The van der Waals surface area contributed by atoms with Crippen LogP contribution < -0.4 is 11.3 Å². The highest BCUT2D eigenvalue weighted by Gasteiger charge is 2.26. The number of nitrogens with zero attached hydrogens (tertiary/aromatic N) is 3. The van der Waals surface area contributed by atoms with Gasteiger partial charge in [-0.15, -0.1) is 0 Å². The van der Waals surface area contributed by atoms with E-state index in [1.165, 1.54) is 27.2 Å². The van der Waals surface area contributed by atoms with Crippen molar-refractivity contribution in [2.45, 2.75) is 6.54 Å². The summed E-state index contributed by atoms with van der Waals surface area (Å²) >= 11 is 0. The smallest absolute Gasteiger partial charge is 0.251 e. The molecule has 2 N–H and O–H groups in total. The van der Waals surface area contributed by atoms with Crippen molar-refractivity contribution in [1.29, 1.82) is 0 Å². The fourth-order valence-corrected chi connectivity index (χ4v) is 3.01. The monoisotopic (exact) mass is 314 g/mol. The Morgan fingerprint density at radius 2 is 1.86 bits per heavy atom. The summed E-state index contributed by atoms with van der Waals surface area (Å²) in [5, 5.41) is 0. The third kappa shape index (κ3) is 3.82. The van der Waals surface area contributed by atoms with Crippen molar-refractivity contribution in [3.63, 3.8) is 0 Å². The number of amides is 1. The first-order valence-corrected chi connectivity index (χ1v) is 8.31. The molecule has 116 valence electrons. The second-order valence-corrected chi connectivity index (χ2v) is 6.95. The van der Waals surface area contributed by atoms with E-state index in [1.54, 1.807) is 4.90 Å². The average molecular weight is 314 g/mol. The lowest BCUT2D eigenvalue weighted by Crippen LogP contribution is -2.51. The summed E-state index contributed by atoms with van der Waals surface area (Å²) in [6.45, 7) is 1.10. The van der Waals surface area contributed by atoms with Crippen LogP contribution in [0.25, 0.3) is 0 Å². The fourth-order valence-electron chi connectivity index (χ4n) is 2.19. The molecule has 1 amide bonds. The van der Waals surface area contributed by atoms with Crippen molar-refractivity contribution in [2.24, 2.45) is 0 Å². The van der Waals surface area contributed by atoms with Crippen LogP contribution in [0, 0.1) is 0 Å². The Labute approximate surface area is 122 Å². The van der Waals surface area contributed by atoms with Gasteiger partial charge in [-0.2, -0.15) is 4.31 Å². The molecule has 9 heteroatoms. The molecule has 0 atom stereocenters. The van der Waals surface area contributed by atoms with Crippen molar-refractivity contribution in [2.75, 3.05) is 38.2 Å². The number of rotatable bonds is 3. The molecule has 1 aromatic heterocycles. The SMILES string of the molecule is CS(=O)(=O)N1CCN(C(=O)Cn2cc(N)ccc2=O)CC1. The molecule has 1 aromatic rings. The van der Waals surface area contributed by atoms with Gasteiger partial charge in [0, 0.05) is 44.1 Å². The van der Waals surface area contributed by atoms with Crippen molar-refractivity contribution in [1.82, 2.24) is 13.8 Å². The van der Waals surface area contributed by atoms with Gasteiger partial charge in [-0.1, -0.05) is 0 Å². The quantitative estimate of drug-likeness (QED) is 0.733. The minimum atomic E-state index is -3.22. The highest BCUT2D eigenvalue weighted by Crippen LogP contribution is 2.07. The lowest BCUT2D eigenvalue weighted by Gasteiger charge is -2.33. The molecule has 0 aliphatic carbocycles. The molecule has 21 heavy (non-hydrogen) atoms. The van der Waals surface area contributed by atoms with Crippen molar-refractivity contribution >= 4 is 21.6 Å². The standard InChI is InChI=1S/C12H18N4O4S/c1-21(19,20)16-6-4-14(5-7-16)12(18)9-15-8-10(13)2-3-11(15)17/h2-3,8H,4-7,9,13H2,1H3. The zero-order valence-corrected chi connectivity index (χ0v) is 12.5. The van der Waals surface area contributed by atoms with Crippen LogP contribution in [0.1, 0.15) is 0 Å². The van der Waals surface area contributed by atoms with Gasteiger partial charge in [-0.05, 0) is 6.07 Å². The lowest BCUT2D eigenvalue weighted by atomic mass is 10.3. The van der Waals surface area contributed by atoms with Crippen LogP contribution in [-0.2, 0) is 21.4 Å². The van der Waals surface area contributed by atoms with E-state index in [-0.39, 0.29) is 31.1 Å². The largest absolute Gasteiger partial charge is 0.398 e. The number of aromatic nitrogens is 1. The highest BCUT2D eigenvalue weighted by molar-refractivity contribution is 7.88. The molecule has 0 radical (unpaired) electrons. The molecule has 1 saturated heterocycles. The summed E-state index contributed by atoms with van der Waals surface area (Å²) in [5.41, 5.74) is 5.70. The maximum Gasteiger partial charge on any atom is 0.251 e. The first-order valence-electron chi connectivity index (χ1n) is 6.46. The van der Waals surface area contributed by atoms with E-state index in [1.807, 2.05) is 0 Å². The van der Waals surface area contributed by atoms with Gasteiger partial charge in [0.05, 0.1) is 6.26 Å². The van der Waals surface area contributed by atoms with E-state index in [4.69, 9.17) is 5.73 Å². The van der Waals surface area contributed by atoms with Gasteiger partial charge >= 0.3 is 0 Å². The first-order chi connectivity index (χ1) is 9.77. The average Bonchev–Trinajstić information content (AvgIpc) is 2.42. The number of carbonyl (C=O) groups excluding carboxylic acids is 1. The summed E-state index contributed by atoms with van der Waals surface area (Å²) in [6.07, 6.45) is 2.57. The highest BCUT2D eigenvalue weighted by atomic mass is 32.2. The Kier molecular flexibility index (Phi) is 4.33. The minimum absolute atomic E-state index is 0.0945. The molecule has 1 aliphatic rings. The van der Waals surface area contributed by atoms with E-state index in [0.717, 1.165) is 6.26 Å². The molecule has 0 spiro atoms. The van der Waals surface area contributed by atoms with E-state index in [9.17, 15) is 18.0 Å². The second kappa shape index (κ2) is 5.86. The zero-order valence-electron chi connectivity index (χ0n) is 11.7. The van der Waals surface area contributed by atoms with E-state index >= 15 is 0 Å². The van der Waals surface area contributed by atoms with Gasteiger partial charge in [-0.25, -0.2) is 8.42 Å². The summed E-state index contributed by atoms with van der Waals surface area (Å²) < 4.78 is 25.4. The Bertz CT molecular complexity index is 689. The number of nitrogen functional groups attached to an aromatic ring is 1. The number of carbonyl (C=O) groups is 1. The Morgan fingerprint density at radius 1 is 1.24 bits per heavy atom. The molecule has 1 fully saturated rings. The van der Waals surface area contributed by atoms with Gasteiger partial charge in [0.2, 0.25) is 15.9 Å². The molecule has 0 aromatic carbocycles. The number of anilines is 1. The van der Waals surface area contributed by atoms with Crippen LogP contribution >= 0.6 is 0 Å². The summed E-state index contributed by atoms with van der Waals surface area (Å²) in [7, 11) is -3.22. The number of nitrogens with two attached hydrogens (primary N) is 1. The number of sulfonamides is 1. The summed E-state index contributed by atoms with van der Waals surface area (Å²) in [6, 6.07) is 2.79. The summed E-state index contributed by atoms with van der Waals surface area (Å²) in [5.74, 6) is -0.226. The van der Waals surface area contributed by atoms with E-state index < -0.39 is 10.0 Å². The van der Waals surface area contributed by atoms with E-state index in [2.05, 4.69) is 0 Å². The summed E-state index contributed by atoms with van der Waals surface area (Å²) in [4.78, 5) is 25.3. The predicted molar refractivity (Wildman–Crippen MR) is 78.1 cm³/mol. The normalized spacial score (nSPS) is 16.9. The molecule has 2 rings (SSSR count). The molecule has 2 heterocycles. The second-order valence-electron chi connectivity index (χ2n) is 4.97. The van der Waals surface area contributed by atoms with Crippen LogP contribution in [0.2, 0.25) is 0 Å². The van der Waals surface area contributed by atoms with Crippen LogP contribution in [0.5, 0.6) is 0 Å². The lowest BCUT2D eigenvalue weighted by molar-refractivity contribution is -0.133. The predicted octanol–water partition coefficient (Wildman–Crippen LogP) is -1.47. The van der Waals surface area contributed by atoms with Gasteiger partial charge in [0.25, 0.3) is 5.56 Å². The van der Waals surface area contributed by atoms with Crippen molar-refractivity contribution in [3.05, 3.63) is 28.7 Å². The number of pyridine rings is 1. The number of hydrogen-bond acceptors (Lipinski definition) is 5. The first kappa shape index (κ1) is 15.5. The van der Waals surface area contributed by atoms with Crippen LogP contribution in [0.15, 0.2) is 23.1 Å². The molecular formula is C12H18N4O4S. The number of hydrogen-bond donors (Lipinski definition) is 1. The van der Waals surface area contributed by atoms with E-state index in [0.29, 0.717) is 18.8 Å².